The van der Waals surface area contributed by atoms with Crippen LogP contribution in [0.1, 0.15) is 311 Å². The largest absolute Gasteiger partial charge is 0.467 e. The van der Waals surface area contributed by atoms with E-state index in [1.807, 2.05) is 6.79 Å². The Bertz CT molecular complexity index is 1370. The minimum Gasteiger partial charge on any atom is -0.467 e. The van der Waals surface area contributed by atoms with Gasteiger partial charge < -0.3 is 43.2 Å². The Morgan fingerprint density at radius 2 is 0.776 bits per heavy atom. The molecule has 0 saturated heterocycles. The molecule has 85 heavy (non-hydrogen) atoms. The van der Waals surface area contributed by atoms with E-state index in [9.17, 15) is 24.0 Å². The number of carbonyl (C=O) groups is 6. The summed E-state index contributed by atoms with van der Waals surface area (Å²) in [5.74, 6) is 1.69. The summed E-state index contributed by atoms with van der Waals surface area (Å²) in [4.78, 5) is 68.2. The lowest BCUT2D eigenvalue weighted by atomic mass is 9.86. The van der Waals surface area contributed by atoms with Crippen LogP contribution in [0.5, 0.6) is 0 Å². The number of esters is 3. The van der Waals surface area contributed by atoms with E-state index in [-0.39, 0.29) is 82.2 Å². The Morgan fingerprint density at radius 1 is 0.435 bits per heavy atom. The smallest absolute Gasteiger partial charge is 0.308 e. The Balaban J connectivity index is 0. The van der Waals surface area contributed by atoms with Crippen molar-refractivity contribution in [3.8, 4) is 0 Å². The van der Waals surface area contributed by atoms with Crippen molar-refractivity contribution in [3.63, 3.8) is 0 Å². The Kier molecular flexibility index (Phi) is 66.0. The molecule has 0 aromatic rings. The second-order valence-corrected chi connectivity index (χ2v) is 24.9. The number of hydrogen-bond acceptors (Lipinski definition) is 14. The van der Waals surface area contributed by atoms with Crippen LogP contribution >= 0.6 is 0 Å². The van der Waals surface area contributed by atoms with Crippen LogP contribution in [0.2, 0.25) is 0 Å². The quantitative estimate of drug-likeness (QED) is 0.0263. The summed E-state index contributed by atoms with van der Waals surface area (Å²) in [6.45, 7) is 17.1. The molecule has 0 bridgehead atoms. The van der Waals surface area contributed by atoms with E-state index in [1.165, 1.54) is 200 Å². The molecule has 0 amide bonds. The lowest BCUT2D eigenvalue weighted by Gasteiger charge is -2.22. The third kappa shape index (κ3) is 55.9. The van der Waals surface area contributed by atoms with Crippen LogP contribution in [0.4, 0.5) is 0 Å². The van der Waals surface area contributed by atoms with Gasteiger partial charge in [0.2, 0.25) is 0 Å². The fourth-order valence-electron chi connectivity index (χ4n) is 11.9. The van der Waals surface area contributed by atoms with Gasteiger partial charge in [-0.15, -0.1) is 0 Å². The van der Waals surface area contributed by atoms with Crippen molar-refractivity contribution < 1.29 is 62.3 Å². The van der Waals surface area contributed by atoms with E-state index >= 15 is 0 Å². The van der Waals surface area contributed by atoms with Crippen LogP contribution in [0.15, 0.2) is 0 Å². The molecule has 4 aliphatic rings. The fraction of sp³-hybridized carbons (Fsp3) is 0.915. The normalized spacial score (nSPS) is 16.3. The molecule has 0 aromatic heterocycles. The molecule has 0 aromatic carbocycles. The van der Waals surface area contributed by atoms with Gasteiger partial charge in [-0.2, -0.15) is 0 Å². The summed E-state index contributed by atoms with van der Waals surface area (Å²) in [5, 5.41) is 9.15. The minimum absolute atomic E-state index is 0.0000526. The first-order valence-electron chi connectivity index (χ1n) is 35.3. The third-order valence-corrected chi connectivity index (χ3v) is 17.2. The van der Waals surface area contributed by atoms with Crippen LogP contribution in [-0.4, -0.2) is 121 Å². The molecule has 0 radical (unpaired) electrons. The van der Waals surface area contributed by atoms with Gasteiger partial charge in [-0.1, -0.05) is 247 Å². The molecule has 0 spiro atoms. The molecule has 14 heteroatoms. The fourth-order valence-corrected chi connectivity index (χ4v) is 11.9. The molecule has 2 atom stereocenters. The highest BCUT2D eigenvalue weighted by molar-refractivity contribution is 5.72. The molecule has 2 unspecified atom stereocenters. The first-order chi connectivity index (χ1) is 41.6. The van der Waals surface area contributed by atoms with Crippen molar-refractivity contribution in [2.24, 2.45) is 35.5 Å². The molecule has 4 saturated carbocycles. The van der Waals surface area contributed by atoms with Gasteiger partial charge in [0, 0.05) is 26.6 Å². The molecular weight excluding hydrogens is 1070 g/mol. The zero-order valence-corrected chi connectivity index (χ0v) is 56.1. The number of ether oxygens (including phenoxy) is 6. The maximum absolute atomic E-state index is 12.4. The van der Waals surface area contributed by atoms with Crippen LogP contribution in [0.3, 0.4) is 0 Å². The standard InChI is InChI=1S/C32H55NO12.3C11H22.C5H12.CH2O/c1-40-19-27(20-41-25-35)22-43-30(37)13-5-7-15-33(17-9-10-18-34)16-8-6-14-31(38)44-23-28(21-42-26-36)24-45-32(39)29-11-3-2-4-12-29;3*1-2-3-5-8-11-9-6-4-7-10-11;1-3-5-4-2;1-2/h25-29,34H,2-24H2,1H3;3*11H,2-10H2,1H3;3-5H2,1-2H3;1H2. The van der Waals surface area contributed by atoms with Crippen LogP contribution in [-0.2, 0) is 57.2 Å². The molecule has 0 heterocycles. The predicted octanol–water partition coefficient (Wildman–Crippen LogP) is 17.3. The number of methoxy groups -OCH3 is 1. The summed E-state index contributed by atoms with van der Waals surface area (Å²) in [6, 6.07) is 0. The van der Waals surface area contributed by atoms with E-state index in [0.717, 1.165) is 88.8 Å². The highest BCUT2D eigenvalue weighted by Crippen LogP contribution is 2.30. The Hall–Kier alpha value is -3.10. The molecule has 4 rings (SSSR count). The molecule has 1 N–H and O–H groups in total. The molecule has 0 aliphatic heterocycles. The van der Waals surface area contributed by atoms with Crippen LogP contribution in [0, 0.1) is 35.5 Å². The average Bonchev–Trinajstić information content (AvgIpc) is 3.54. The van der Waals surface area contributed by atoms with E-state index in [0.29, 0.717) is 38.8 Å². The van der Waals surface area contributed by atoms with Crippen LogP contribution < -0.4 is 0 Å². The summed E-state index contributed by atoms with van der Waals surface area (Å²) < 4.78 is 30.8. The third-order valence-electron chi connectivity index (χ3n) is 17.2. The average molecular weight is 1210 g/mol. The van der Waals surface area contributed by atoms with E-state index < -0.39 is 5.92 Å². The monoisotopic (exact) mass is 1210 g/mol. The SMILES string of the molecule is C=O.CCCCC.CCCCCC1CCCCC1.CCCCCC1CCCCC1.CCCCCC1CCCCC1.COCC(COC=O)COC(=O)CCCCN(CCCCO)CCCCC(=O)OCC(COC=O)COC(=O)C1CCCCC1. The van der Waals surface area contributed by atoms with Gasteiger partial charge in [0.1, 0.15) is 26.6 Å². The first kappa shape index (κ1) is 84.0. The Morgan fingerprint density at radius 3 is 1.11 bits per heavy atom. The number of aliphatic hydroxyl groups is 1. The summed E-state index contributed by atoms with van der Waals surface area (Å²) >= 11 is 0. The zero-order valence-electron chi connectivity index (χ0n) is 56.1. The number of aliphatic hydroxyl groups excluding tert-OH is 1. The van der Waals surface area contributed by atoms with Crippen molar-refractivity contribution in [3.05, 3.63) is 0 Å². The van der Waals surface area contributed by atoms with Gasteiger partial charge in [-0.3, -0.25) is 24.0 Å². The van der Waals surface area contributed by atoms with E-state index in [1.54, 1.807) is 0 Å². The van der Waals surface area contributed by atoms with Crippen molar-refractivity contribution >= 4 is 37.6 Å². The molecule has 14 nitrogen and oxygen atoms in total. The number of hydrogen-bond donors (Lipinski definition) is 1. The summed E-state index contributed by atoms with van der Waals surface area (Å²) in [5.41, 5.74) is 0. The van der Waals surface area contributed by atoms with E-state index in [2.05, 4.69) is 39.5 Å². The highest BCUT2D eigenvalue weighted by atomic mass is 16.6. The van der Waals surface area contributed by atoms with Gasteiger partial charge in [-0.05, 0) is 88.8 Å². The van der Waals surface area contributed by atoms with Gasteiger partial charge >= 0.3 is 17.9 Å². The molecular formula is C71H135NO13. The van der Waals surface area contributed by atoms with Crippen LogP contribution in [0.25, 0.3) is 0 Å². The first-order valence-corrected chi connectivity index (χ1v) is 35.3. The highest BCUT2D eigenvalue weighted by Gasteiger charge is 2.25. The number of unbranched alkanes of at least 4 members (excludes halogenated alkanes) is 11. The van der Waals surface area contributed by atoms with Crippen molar-refractivity contribution in [2.45, 2.75) is 311 Å². The number of rotatable bonds is 43. The maximum Gasteiger partial charge on any atom is 0.308 e. The zero-order chi connectivity index (χ0) is 62.9. The topological polar surface area (TPSA) is 181 Å². The molecule has 502 valence electrons. The lowest BCUT2D eigenvalue weighted by molar-refractivity contribution is -0.155. The Labute approximate surface area is 521 Å². The minimum atomic E-state index is -0.422. The van der Waals surface area contributed by atoms with Gasteiger partial charge in [0.05, 0.1) is 37.6 Å². The second kappa shape index (κ2) is 66.8. The number of carbonyl (C=O) groups excluding carboxylic acids is 6. The lowest BCUT2D eigenvalue weighted by Crippen LogP contribution is -2.28. The summed E-state index contributed by atoms with van der Waals surface area (Å²) in [6.07, 6.45) is 54.1. The van der Waals surface area contributed by atoms with Gasteiger partial charge in [0.25, 0.3) is 12.9 Å². The van der Waals surface area contributed by atoms with Crippen molar-refractivity contribution in [1.29, 1.82) is 0 Å². The van der Waals surface area contributed by atoms with E-state index in [4.69, 9.17) is 38.3 Å². The summed E-state index contributed by atoms with van der Waals surface area (Å²) in [7, 11) is 1.53. The maximum atomic E-state index is 12.4. The molecule has 4 fully saturated rings. The van der Waals surface area contributed by atoms with Gasteiger partial charge in [0.15, 0.2) is 0 Å². The van der Waals surface area contributed by atoms with Crippen molar-refractivity contribution in [1.82, 2.24) is 4.90 Å². The van der Waals surface area contributed by atoms with Gasteiger partial charge in [-0.25, -0.2) is 0 Å². The second-order valence-electron chi connectivity index (χ2n) is 24.9. The number of nitrogens with zero attached hydrogens (tertiary/aromatic N) is 1. The molecule has 4 aliphatic carbocycles. The van der Waals surface area contributed by atoms with Crippen molar-refractivity contribution in [2.75, 3.05) is 73.0 Å². The predicted molar refractivity (Wildman–Crippen MR) is 347 cm³/mol.